The molecule has 0 saturated carbocycles. The lowest BCUT2D eigenvalue weighted by Crippen LogP contribution is -1.93. The first-order valence-corrected chi connectivity index (χ1v) is 6.69. The van der Waals surface area contributed by atoms with Crippen LogP contribution in [0.25, 0.3) is 22.8 Å². The minimum Gasteiger partial charge on any atom is -0.398 e. The lowest BCUT2D eigenvalue weighted by atomic mass is 10.1. The number of aromatic nitrogens is 2. The van der Waals surface area contributed by atoms with Crippen molar-refractivity contribution in [1.82, 2.24) is 10.1 Å². The predicted molar refractivity (Wildman–Crippen MR) is 77.2 cm³/mol. The molecule has 21 heavy (non-hydrogen) atoms. The molecule has 0 fully saturated rings. The van der Waals surface area contributed by atoms with Crippen molar-refractivity contribution in [2.45, 2.75) is 0 Å². The molecule has 0 bridgehead atoms. The zero-order valence-corrected chi connectivity index (χ0v) is 12.1. The summed E-state index contributed by atoms with van der Waals surface area (Å²) in [6.07, 6.45) is 0. The first-order valence-electron chi connectivity index (χ1n) is 5.90. The van der Waals surface area contributed by atoms with Crippen LogP contribution >= 0.6 is 15.9 Å². The Labute approximate surface area is 126 Å². The zero-order chi connectivity index (χ0) is 15.0. The van der Waals surface area contributed by atoms with Crippen molar-refractivity contribution >= 4 is 21.6 Å². The van der Waals surface area contributed by atoms with E-state index in [2.05, 4.69) is 26.1 Å². The van der Waals surface area contributed by atoms with Crippen LogP contribution in [0.2, 0.25) is 0 Å². The molecule has 0 spiro atoms. The Morgan fingerprint density at radius 2 is 1.95 bits per heavy atom. The van der Waals surface area contributed by atoms with E-state index in [1.165, 1.54) is 36.4 Å². The molecule has 7 heteroatoms. The third kappa shape index (κ3) is 2.52. The minimum absolute atomic E-state index is 0.0307. The smallest absolute Gasteiger partial charge is 0.263 e. The molecule has 4 nitrogen and oxygen atoms in total. The van der Waals surface area contributed by atoms with Gasteiger partial charge in [-0.3, -0.25) is 0 Å². The topological polar surface area (TPSA) is 64.9 Å². The molecule has 0 aliphatic carbocycles. The highest BCUT2D eigenvalue weighted by Crippen LogP contribution is 2.31. The average molecular weight is 352 g/mol. The molecule has 0 amide bonds. The normalized spacial score (nSPS) is 10.8. The number of nitrogen functional groups attached to an aromatic ring is 1. The maximum absolute atomic E-state index is 13.8. The molecule has 0 unspecified atom stereocenters. The fraction of sp³-hybridized carbons (Fsp3) is 0. The number of anilines is 1. The summed E-state index contributed by atoms with van der Waals surface area (Å²) in [5.41, 5.74) is 6.50. The number of halogens is 3. The van der Waals surface area contributed by atoms with Crippen LogP contribution in [0.15, 0.2) is 45.4 Å². The predicted octanol–water partition coefficient (Wildman–Crippen LogP) is 4.03. The summed E-state index contributed by atoms with van der Waals surface area (Å²) in [6.45, 7) is 0. The Kier molecular flexibility index (Phi) is 3.42. The van der Waals surface area contributed by atoms with Crippen molar-refractivity contribution in [3.05, 3.63) is 52.5 Å². The third-order valence-electron chi connectivity index (χ3n) is 2.86. The molecule has 3 rings (SSSR count). The van der Waals surface area contributed by atoms with Crippen LogP contribution in [0, 0.1) is 11.6 Å². The number of hydrogen-bond acceptors (Lipinski definition) is 4. The van der Waals surface area contributed by atoms with Crippen LogP contribution in [0.1, 0.15) is 0 Å². The summed E-state index contributed by atoms with van der Waals surface area (Å²) < 4.78 is 32.4. The number of hydrogen-bond donors (Lipinski definition) is 1. The molecule has 106 valence electrons. The fourth-order valence-corrected chi connectivity index (χ4v) is 2.40. The summed E-state index contributed by atoms with van der Waals surface area (Å²) in [4.78, 5) is 4.11. The van der Waals surface area contributed by atoms with E-state index in [4.69, 9.17) is 10.3 Å². The van der Waals surface area contributed by atoms with Crippen LogP contribution in [0.3, 0.4) is 0 Å². The summed E-state index contributed by atoms with van der Waals surface area (Å²) in [5.74, 6) is -0.771. The maximum atomic E-state index is 13.8. The maximum Gasteiger partial charge on any atom is 0.263 e. The van der Waals surface area contributed by atoms with E-state index in [1.54, 1.807) is 0 Å². The largest absolute Gasteiger partial charge is 0.398 e. The standard InChI is InChI=1S/C14H8BrF2N3O/c15-9-6-7(16)4-5-8(9)13-19-14(21-20-13)12-10(17)2-1-3-11(12)18/h1-6H,18H2. The van der Waals surface area contributed by atoms with Gasteiger partial charge < -0.3 is 10.3 Å². The van der Waals surface area contributed by atoms with Gasteiger partial charge >= 0.3 is 0 Å². The van der Waals surface area contributed by atoms with E-state index in [9.17, 15) is 8.78 Å². The molecule has 1 aromatic heterocycles. The molecule has 2 aromatic carbocycles. The summed E-state index contributed by atoms with van der Waals surface area (Å²) in [6, 6.07) is 8.33. The molecule has 2 N–H and O–H groups in total. The second-order valence-electron chi connectivity index (χ2n) is 4.25. The van der Waals surface area contributed by atoms with E-state index in [1.807, 2.05) is 0 Å². The van der Waals surface area contributed by atoms with Gasteiger partial charge in [0.05, 0.1) is 5.56 Å². The second kappa shape index (κ2) is 5.25. The lowest BCUT2D eigenvalue weighted by molar-refractivity contribution is 0.430. The summed E-state index contributed by atoms with van der Waals surface area (Å²) in [5, 5.41) is 3.77. The third-order valence-corrected chi connectivity index (χ3v) is 3.51. The van der Waals surface area contributed by atoms with E-state index < -0.39 is 11.6 Å². The highest BCUT2D eigenvalue weighted by atomic mass is 79.9. The van der Waals surface area contributed by atoms with Crippen molar-refractivity contribution in [3.8, 4) is 22.8 Å². The van der Waals surface area contributed by atoms with Gasteiger partial charge in [0.15, 0.2) is 0 Å². The quantitative estimate of drug-likeness (QED) is 0.708. The Bertz CT molecular complexity index is 799. The van der Waals surface area contributed by atoms with Gasteiger partial charge in [0.25, 0.3) is 5.89 Å². The van der Waals surface area contributed by atoms with Crippen LogP contribution < -0.4 is 5.73 Å². The van der Waals surface area contributed by atoms with Gasteiger partial charge in [0.2, 0.25) is 5.82 Å². The SMILES string of the molecule is Nc1cccc(F)c1-c1nc(-c2ccc(F)cc2Br)no1. The lowest BCUT2D eigenvalue weighted by Gasteiger charge is -2.01. The molecule has 0 radical (unpaired) electrons. The van der Waals surface area contributed by atoms with Crippen molar-refractivity contribution in [3.63, 3.8) is 0 Å². The van der Waals surface area contributed by atoms with Gasteiger partial charge in [-0.15, -0.1) is 0 Å². The molecule has 0 atom stereocenters. The van der Waals surface area contributed by atoms with Gasteiger partial charge in [-0.05, 0) is 46.3 Å². The van der Waals surface area contributed by atoms with Crippen LogP contribution in [-0.4, -0.2) is 10.1 Å². The van der Waals surface area contributed by atoms with Crippen LogP contribution in [0.4, 0.5) is 14.5 Å². The van der Waals surface area contributed by atoms with Gasteiger partial charge in [-0.25, -0.2) is 8.78 Å². The van der Waals surface area contributed by atoms with E-state index in [0.29, 0.717) is 10.0 Å². The second-order valence-corrected chi connectivity index (χ2v) is 5.11. The Balaban J connectivity index is 2.08. The molecule has 3 aromatic rings. The van der Waals surface area contributed by atoms with Gasteiger partial charge in [0.1, 0.15) is 11.6 Å². The fourth-order valence-electron chi connectivity index (χ4n) is 1.87. The van der Waals surface area contributed by atoms with Crippen molar-refractivity contribution < 1.29 is 13.3 Å². The molecule has 0 aliphatic heterocycles. The minimum atomic E-state index is -0.552. The van der Waals surface area contributed by atoms with Crippen molar-refractivity contribution in [1.29, 1.82) is 0 Å². The van der Waals surface area contributed by atoms with E-state index >= 15 is 0 Å². The first kappa shape index (κ1) is 13.7. The Morgan fingerprint density at radius 3 is 2.67 bits per heavy atom. The highest BCUT2D eigenvalue weighted by molar-refractivity contribution is 9.10. The monoisotopic (exact) mass is 351 g/mol. The van der Waals surface area contributed by atoms with Crippen LogP contribution in [-0.2, 0) is 0 Å². The van der Waals surface area contributed by atoms with Crippen molar-refractivity contribution in [2.75, 3.05) is 5.73 Å². The summed E-state index contributed by atoms with van der Waals surface area (Å²) in [7, 11) is 0. The van der Waals surface area contributed by atoms with Gasteiger partial charge in [0, 0.05) is 15.7 Å². The molecule has 0 saturated heterocycles. The van der Waals surface area contributed by atoms with Gasteiger partial charge in [-0.1, -0.05) is 11.2 Å². The number of rotatable bonds is 2. The summed E-state index contributed by atoms with van der Waals surface area (Å²) >= 11 is 3.22. The Hall–Kier alpha value is -2.28. The van der Waals surface area contributed by atoms with E-state index in [0.717, 1.165) is 0 Å². The van der Waals surface area contributed by atoms with Gasteiger partial charge in [-0.2, -0.15) is 4.98 Å². The zero-order valence-electron chi connectivity index (χ0n) is 10.5. The molecule has 0 aliphatic rings. The number of nitrogens with zero attached hydrogens (tertiary/aromatic N) is 2. The molecule has 1 heterocycles. The molecular weight excluding hydrogens is 344 g/mol. The van der Waals surface area contributed by atoms with Crippen LogP contribution in [0.5, 0.6) is 0 Å². The average Bonchev–Trinajstić information content (AvgIpc) is 2.87. The van der Waals surface area contributed by atoms with Crippen molar-refractivity contribution in [2.24, 2.45) is 0 Å². The first-order chi connectivity index (χ1) is 10.1. The molecular formula is C14H8BrF2N3O. The number of benzene rings is 2. The highest BCUT2D eigenvalue weighted by Gasteiger charge is 2.18. The number of nitrogens with two attached hydrogens (primary N) is 1. The van der Waals surface area contributed by atoms with E-state index in [-0.39, 0.29) is 23.0 Å². The Morgan fingerprint density at radius 1 is 1.14 bits per heavy atom.